The third-order valence-electron chi connectivity index (χ3n) is 2.88. The maximum Gasteiger partial charge on any atom is 0.0165 e. The summed E-state index contributed by atoms with van der Waals surface area (Å²) in [6.45, 7) is 2.31. The minimum absolute atomic E-state index is 1.11. The fraction of sp³-hybridized carbons (Fsp3) is 0.385. The third-order valence-corrected chi connectivity index (χ3v) is 3.93. The molecule has 0 amide bonds. The van der Waals surface area contributed by atoms with Gasteiger partial charge in [-0.1, -0.05) is 29.8 Å². The second kappa shape index (κ2) is 5.12. The van der Waals surface area contributed by atoms with E-state index in [1.54, 1.807) is 5.57 Å². The number of rotatable bonds is 2. The summed E-state index contributed by atoms with van der Waals surface area (Å²) < 4.78 is 1.38. The molecule has 2 rings (SSSR count). The van der Waals surface area contributed by atoms with E-state index < -0.39 is 0 Å². The lowest BCUT2D eigenvalue weighted by Gasteiger charge is -2.22. The Morgan fingerprint density at radius 3 is 2.80 bits per heavy atom. The second-order valence-electron chi connectivity index (χ2n) is 4.14. The molecular formula is C13H16IN. The van der Waals surface area contributed by atoms with Gasteiger partial charge in [-0.15, -0.1) is 0 Å². The summed E-state index contributed by atoms with van der Waals surface area (Å²) in [5, 5.41) is 0. The molecule has 0 spiro atoms. The molecule has 1 aromatic rings. The highest BCUT2D eigenvalue weighted by molar-refractivity contribution is 14.1. The number of halogens is 1. The lowest BCUT2D eigenvalue weighted by Crippen LogP contribution is -2.24. The van der Waals surface area contributed by atoms with Crippen LogP contribution in [-0.2, 0) is 6.42 Å². The van der Waals surface area contributed by atoms with Crippen LogP contribution in [0.15, 0.2) is 35.9 Å². The van der Waals surface area contributed by atoms with Crippen LogP contribution in [-0.4, -0.2) is 25.0 Å². The van der Waals surface area contributed by atoms with Crippen molar-refractivity contribution in [1.82, 2.24) is 4.90 Å². The molecule has 1 aromatic carbocycles. The molecule has 1 nitrogen and oxygen atoms in total. The van der Waals surface area contributed by atoms with Gasteiger partial charge in [0, 0.05) is 16.7 Å². The molecule has 0 aliphatic carbocycles. The molecule has 15 heavy (non-hydrogen) atoms. The fourth-order valence-corrected chi connectivity index (χ4v) is 2.44. The van der Waals surface area contributed by atoms with Gasteiger partial charge in [0.25, 0.3) is 0 Å². The van der Waals surface area contributed by atoms with Crippen LogP contribution in [0.5, 0.6) is 0 Å². The summed E-state index contributed by atoms with van der Waals surface area (Å²) in [6.07, 6.45) is 4.74. The van der Waals surface area contributed by atoms with E-state index in [1.165, 1.54) is 22.1 Å². The predicted octanol–water partition coefficient (Wildman–Crippen LogP) is 3.10. The first kappa shape index (κ1) is 11.1. The Morgan fingerprint density at radius 1 is 1.33 bits per heavy atom. The lowest BCUT2D eigenvalue weighted by atomic mass is 10.00. The van der Waals surface area contributed by atoms with Crippen molar-refractivity contribution in [3.63, 3.8) is 0 Å². The molecular weight excluding hydrogens is 297 g/mol. The summed E-state index contributed by atoms with van der Waals surface area (Å²) in [7, 11) is 2.18. The normalized spacial score (nSPS) is 17.6. The predicted molar refractivity (Wildman–Crippen MR) is 73.1 cm³/mol. The molecule has 1 aliphatic rings. The van der Waals surface area contributed by atoms with Crippen molar-refractivity contribution in [3.8, 4) is 0 Å². The molecule has 0 saturated carbocycles. The van der Waals surface area contributed by atoms with Crippen LogP contribution < -0.4 is 0 Å². The molecule has 80 valence electrons. The van der Waals surface area contributed by atoms with Gasteiger partial charge in [-0.05, 0) is 54.1 Å². The Labute approximate surface area is 105 Å². The first-order valence-corrected chi connectivity index (χ1v) is 6.43. The highest BCUT2D eigenvalue weighted by atomic mass is 127. The zero-order valence-corrected chi connectivity index (χ0v) is 11.2. The zero-order valence-electron chi connectivity index (χ0n) is 9.04. The topological polar surface area (TPSA) is 3.24 Å². The van der Waals surface area contributed by atoms with Gasteiger partial charge in [0.1, 0.15) is 0 Å². The van der Waals surface area contributed by atoms with E-state index in [9.17, 15) is 0 Å². The fourth-order valence-electron chi connectivity index (χ4n) is 1.86. The summed E-state index contributed by atoms with van der Waals surface area (Å²) in [6, 6.07) is 8.66. The first-order valence-electron chi connectivity index (χ1n) is 5.35. The quantitative estimate of drug-likeness (QED) is 0.599. The minimum atomic E-state index is 1.11. The molecule has 1 aliphatic heterocycles. The average Bonchev–Trinajstić information content (AvgIpc) is 2.25. The van der Waals surface area contributed by atoms with Gasteiger partial charge in [0.2, 0.25) is 0 Å². The third kappa shape index (κ3) is 3.05. The van der Waals surface area contributed by atoms with Gasteiger partial charge in [-0.2, -0.15) is 0 Å². The lowest BCUT2D eigenvalue weighted by molar-refractivity contribution is 0.357. The van der Waals surface area contributed by atoms with Gasteiger partial charge < -0.3 is 4.90 Å². The Kier molecular flexibility index (Phi) is 3.81. The van der Waals surface area contributed by atoms with Gasteiger partial charge in [-0.25, -0.2) is 0 Å². The molecule has 0 saturated heterocycles. The summed E-state index contributed by atoms with van der Waals surface area (Å²) in [5.41, 5.74) is 3.06. The summed E-state index contributed by atoms with van der Waals surface area (Å²) in [4.78, 5) is 2.36. The monoisotopic (exact) mass is 313 g/mol. The summed E-state index contributed by atoms with van der Waals surface area (Å²) >= 11 is 2.42. The van der Waals surface area contributed by atoms with Gasteiger partial charge in [-0.3, -0.25) is 0 Å². The minimum Gasteiger partial charge on any atom is -0.302 e. The van der Waals surface area contributed by atoms with E-state index in [1.807, 2.05) is 0 Å². The van der Waals surface area contributed by atoms with Crippen LogP contribution in [0.1, 0.15) is 12.0 Å². The molecule has 1 heterocycles. The van der Waals surface area contributed by atoms with Crippen LogP contribution in [0.4, 0.5) is 0 Å². The van der Waals surface area contributed by atoms with Crippen molar-refractivity contribution >= 4 is 22.6 Å². The molecule has 0 fully saturated rings. The van der Waals surface area contributed by atoms with E-state index in [2.05, 4.69) is 64.9 Å². The van der Waals surface area contributed by atoms with Crippen LogP contribution >= 0.6 is 22.6 Å². The summed E-state index contributed by atoms with van der Waals surface area (Å²) in [5.74, 6) is 0. The van der Waals surface area contributed by atoms with Crippen molar-refractivity contribution in [2.24, 2.45) is 0 Å². The molecule has 2 heteroatoms. The first-order chi connectivity index (χ1) is 7.25. The van der Waals surface area contributed by atoms with Crippen molar-refractivity contribution in [2.45, 2.75) is 12.8 Å². The van der Waals surface area contributed by atoms with Crippen LogP contribution in [0.2, 0.25) is 0 Å². The van der Waals surface area contributed by atoms with Gasteiger partial charge in [0.05, 0.1) is 0 Å². The van der Waals surface area contributed by atoms with Crippen LogP contribution in [0, 0.1) is 3.57 Å². The number of likely N-dealkylation sites (N-methyl/N-ethyl adjacent to an activating group) is 1. The van der Waals surface area contributed by atoms with Crippen molar-refractivity contribution in [2.75, 3.05) is 20.1 Å². The van der Waals surface area contributed by atoms with E-state index in [4.69, 9.17) is 0 Å². The van der Waals surface area contributed by atoms with Crippen molar-refractivity contribution in [1.29, 1.82) is 0 Å². The van der Waals surface area contributed by atoms with Gasteiger partial charge >= 0.3 is 0 Å². The molecule has 0 atom stereocenters. The number of hydrogen-bond acceptors (Lipinski definition) is 1. The highest BCUT2D eigenvalue weighted by Gasteiger charge is 2.09. The number of nitrogens with zero attached hydrogens (tertiary/aromatic N) is 1. The molecule has 0 unspecified atom stereocenters. The molecule has 0 N–H and O–H groups in total. The van der Waals surface area contributed by atoms with E-state index in [0.29, 0.717) is 0 Å². The maximum atomic E-state index is 2.42. The average molecular weight is 313 g/mol. The van der Waals surface area contributed by atoms with E-state index in [0.717, 1.165) is 13.0 Å². The number of benzene rings is 1. The standard InChI is InChI=1S/C13H16IN/c1-15-8-6-11(7-9-15)10-12-4-2-3-5-13(12)14/h2-6H,7-10H2,1H3. The highest BCUT2D eigenvalue weighted by Crippen LogP contribution is 2.19. The molecule has 0 bridgehead atoms. The Bertz CT molecular complexity index is 371. The van der Waals surface area contributed by atoms with Crippen molar-refractivity contribution in [3.05, 3.63) is 45.0 Å². The van der Waals surface area contributed by atoms with Gasteiger partial charge in [0.15, 0.2) is 0 Å². The second-order valence-corrected chi connectivity index (χ2v) is 5.30. The zero-order chi connectivity index (χ0) is 10.7. The molecule has 0 radical (unpaired) electrons. The van der Waals surface area contributed by atoms with E-state index in [-0.39, 0.29) is 0 Å². The largest absolute Gasteiger partial charge is 0.302 e. The van der Waals surface area contributed by atoms with Crippen LogP contribution in [0.3, 0.4) is 0 Å². The van der Waals surface area contributed by atoms with Crippen molar-refractivity contribution < 1.29 is 0 Å². The SMILES string of the molecule is CN1CC=C(Cc2ccccc2I)CC1. The van der Waals surface area contributed by atoms with Crippen LogP contribution in [0.25, 0.3) is 0 Å². The Morgan fingerprint density at radius 2 is 2.13 bits per heavy atom. The maximum absolute atomic E-state index is 2.42. The molecule has 0 aromatic heterocycles. The van der Waals surface area contributed by atoms with E-state index >= 15 is 0 Å². The smallest absolute Gasteiger partial charge is 0.0165 e. The number of hydrogen-bond donors (Lipinski definition) is 0. The Hall–Kier alpha value is -0.350. The Balaban J connectivity index is 2.06.